The molecule has 0 unspecified atom stereocenters. The topological polar surface area (TPSA) is 87.7 Å². The van der Waals surface area contributed by atoms with Gasteiger partial charge in [0.1, 0.15) is 11.6 Å². The number of ether oxygens (including phenoxy) is 1. The van der Waals surface area contributed by atoms with E-state index in [4.69, 9.17) is 4.74 Å². The van der Waals surface area contributed by atoms with Gasteiger partial charge in [-0.15, -0.1) is 0 Å². The van der Waals surface area contributed by atoms with E-state index in [1.165, 1.54) is 6.42 Å². The van der Waals surface area contributed by atoms with Crippen LogP contribution in [0.3, 0.4) is 0 Å². The highest BCUT2D eigenvalue weighted by atomic mass is 16.5. The lowest BCUT2D eigenvalue weighted by Gasteiger charge is -2.36. The molecule has 7 nitrogen and oxygen atoms in total. The van der Waals surface area contributed by atoms with Gasteiger partial charge in [-0.3, -0.25) is 14.4 Å². The first-order chi connectivity index (χ1) is 14.0. The molecular formula is C23H35N3O4. The zero-order valence-electron chi connectivity index (χ0n) is 18.7. The summed E-state index contributed by atoms with van der Waals surface area (Å²) in [5, 5.41) is 6.20. The van der Waals surface area contributed by atoms with E-state index >= 15 is 0 Å². The van der Waals surface area contributed by atoms with Gasteiger partial charge in [0.25, 0.3) is 0 Å². The van der Waals surface area contributed by atoms with Gasteiger partial charge >= 0.3 is 0 Å². The monoisotopic (exact) mass is 417 g/mol. The van der Waals surface area contributed by atoms with Crippen LogP contribution in [0.5, 0.6) is 0 Å². The van der Waals surface area contributed by atoms with E-state index < -0.39 is 35.1 Å². The van der Waals surface area contributed by atoms with E-state index in [1.54, 1.807) is 4.90 Å². The molecule has 5 atom stereocenters. The quantitative estimate of drug-likeness (QED) is 0.684. The first-order valence-electron chi connectivity index (χ1n) is 11.4. The average molecular weight is 418 g/mol. The number of amides is 3. The highest BCUT2D eigenvalue weighted by molar-refractivity contribution is 6.00. The number of carbonyl (C=O) groups is 3. The third-order valence-electron chi connectivity index (χ3n) is 6.87. The lowest BCUT2D eigenvalue weighted by atomic mass is 9.74. The first kappa shape index (κ1) is 21.3. The van der Waals surface area contributed by atoms with Gasteiger partial charge in [0.15, 0.2) is 0 Å². The van der Waals surface area contributed by atoms with Gasteiger partial charge in [-0.1, -0.05) is 31.4 Å². The van der Waals surface area contributed by atoms with Crippen molar-refractivity contribution in [2.24, 2.45) is 11.8 Å². The van der Waals surface area contributed by atoms with Crippen LogP contribution in [0.1, 0.15) is 66.7 Å². The standard InChI is InChI=1S/C23H35N3O4/c1-13(2)26-18(20(28)25-22(3,4)5)23-12-11-15(30-23)16(17(23)21(26)29)19(27)24-14-9-7-6-8-10-14/h11-18H,6-10H2,1-5H3,(H,24,27)(H,25,28)/t15-,16+,17-,18+,23-/m1/s1. The van der Waals surface area contributed by atoms with E-state index in [0.717, 1.165) is 25.7 Å². The Labute approximate surface area is 179 Å². The fraction of sp³-hybridized carbons (Fsp3) is 0.783. The molecule has 3 heterocycles. The van der Waals surface area contributed by atoms with Crippen molar-refractivity contribution in [1.82, 2.24) is 15.5 Å². The number of fused-ring (bicyclic) bond motifs is 1. The molecule has 0 aromatic heterocycles. The lowest BCUT2D eigenvalue weighted by molar-refractivity contribution is -0.144. The van der Waals surface area contributed by atoms with Crippen molar-refractivity contribution in [2.45, 2.75) is 102 Å². The predicted molar refractivity (Wildman–Crippen MR) is 112 cm³/mol. The number of carbonyl (C=O) groups excluding carboxylic acids is 3. The summed E-state index contributed by atoms with van der Waals surface area (Å²) in [6.45, 7) is 9.56. The minimum absolute atomic E-state index is 0.114. The summed E-state index contributed by atoms with van der Waals surface area (Å²) in [7, 11) is 0. The summed E-state index contributed by atoms with van der Waals surface area (Å²) in [4.78, 5) is 41.8. The fourth-order valence-electron chi connectivity index (χ4n) is 5.74. The van der Waals surface area contributed by atoms with Crippen LogP contribution in [0.25, 0.3) is 0 Å². The molecule has 4 rings (SSSR count). The zero-order valence-corrected chi connectivity index (χ0v) is 18.7. The average Bonchev–Trinajstić information content (AvgIpc) is 3.28. The summed E-state index contributed by atoms with van der Waals surface area (Å²) in [5.41, 5.74) is -1.51. The molecule has 2 saturated heterocycles. The van der Waals surface area contributed by atoms with Gasteiger partial charge in [0.2, 0.25) is 17.7 Å². The SMILES string of the molecule is CC(C)N1C(=O)[C@H]2[C@@H](C(=O)NC3CCCCC3)[C@H]3C=C[C@]2(O3)[C@@H]1C(=O)NC(C)(C)C. The molecule has 7 heteroatoms. The summed E-state index contributed by atoms with van der Waals surface area (Å²) in [5.74, 6) is -1.75. The highest BCUT2D eigenvalue weighted by Crippen LogP contribution is 2.55. The smallest absolute Gasteiger partial charge is 0.246 e. The molecule has 3 aliphatic heterocycles. The summed E-state index contributed by atoms with van der Waals surface area (Å²) >= 11 is 0. The third-order valence-corrected chi connectivity index (χ3v) is 6.87. The minimum Gasteiger partial charge on any atom is -0.359 e. The summed E-state index contributed by atoms with van der Waals surface area (Å²) < 4.78 is 6.31. The molecule has 3 fully saturated rings. The van der Waals surface area contributed by atoms with Crippen LogP contribution in [-0.4, -0.2) is 58.0 Å². The van der Waals surface area contributed by atoms with Gasteiger partial charge in [-0.2, -0.15) is 0 Å². The van der Waals surface area contributed by atoms with E-state index in [0.29, 0.717) is 0 Å². The Bertz CT molecular complexity index is 765. The van der Waals surface area contributed by atoms with Crippen LogP contribution in [0.4, 0.5) is 0 Å². The number of rotatable bonds is 4. The van der Waals surface area contributed by atoms with Crippen LogP contribution in [0.2, 0.25) is 0 Å². The predicted octanol–water partition coefficient (Wildman–Crippen LogP) is 1.91. The molecular weight excluding hydrogens is 382 g/mol. The molecule has 4 aliphatic rings. The maximum atomic E-state index is 13.6. The molecule has 166 valence electrons. The van der Waals surface area contributed by atoms with Crippen molar-refractivity contribution >= 4 is 17.7 Å². The van der Waals surface area contributed by atoms with Crippen LogP contribution < -0.4 is 10.6 Å². The Hall–Kier alpha value is -1.89. The second-order valence-electron chi connectivity index (χ2n) is 10.6. The van der Waals surface area contributed by atoms with E-state index in [9.17, 15) is 14.4 Å². The highest BCUT2D eigenvalue weighted by Gasteiger charge is 2.73. The Morgan fingerprint density at radius 3 is 2.43 bits per heavy atom. The van der Waals surface area contributed by atoms with Gasteiger partial charge in [-0.05, 0) is 47.5 Å². The van der Waals surface area contributed by atoms with Gasteiger partial charge in [0.05, 0.1) is 17.9 Å². The van der Waals surface area contributed by atoms with Crippen LogP contribution >= 0.6 is 0 Å². The van der Waals surface area contributed by atoms with Crippen molar-refractivity contribution in [3.05, 3.63) is 12.2 Å². The Morgan fingerprint density at radius 2 is 1.83 bits per heavy atom. The maximum absolute atomic E-state index is 13.6. The number of hydrogen-bond acceptors (Lipinski definition) is 4. The molecule has 0 aromatic carbocycles. The van der Waals surface area contributed by atoms with Gasteiger partial charge < -0.3 is 20.3 Å². The molecule has 30 heavy (non-hydrogen) atoms. The third kappa shape index (κ3) is 3.35. The maximum Gasteiger partial charge on any atom is 0.246 e. The van der Waals surface area contributed by atoms with Crippen molar-refractivity contribution < 1.29 is 19.1 Å². The number of nitrogens with one attached hydrogen (secondary N) is 2. The number of hydrogen-bond donors (Lipinski definition) is 2. The molecule has 1 saturated carbocycles. The normalized spacial score (nSPS) is 35.8. The molecule has 0 radical (unpaired) electrons. The van der Waals surface area contributed by atoms with Crippen LogP contribution in [0.15, 0.2) is 12.2 Å². The molecule has 1 spiro atoms. The number of likely N-dealkylation sites (tertiary alicyclic amines) is 1. The lowest BCUT2D eigenvalue weighted by Crippen LogP contribution is -2.59. The second-order valence-corrected chi connectivity index (χ2v) is 10.6. The van der Waals surface area contributed by atoms with Crippen LogP contribution in [-0.2, 0) is 19.1 Å². The largest absolute Gasteiger partial charge is 0.359 e. The summed E-state index contributed by atoms with van der Waals surface area (Å²) in [6.07, 6.45) is 8.70. The van der Waals surface area contributed by atoms with Gasteiger partial charge in [-0.25, -0.2) is 0 Å². The molecule has 2 N–H and O–H groups in total. The van der Waals surface area contributed by atoms with Gasteiger partial charge in [0, 0.05) is 17.6 Å². The summed E-state index contributed by atoms with van der Waals surface area (Å²) in [6, 6.07) is -0.780. The minimum atomic E-state index is -1.07. The second kappa shape index (κ2) is 7.36. The van der Waals surface area contributed by atoms with Crippen molar-refractivity contribution in [2.75, 3.05) is 0 Å². The first-order valence-corrected chi connectivity index (χ1v) is 11.4. The number of nitrogens with zero attached hydrogens (tertiary/aromatic N) is 1. The Morgan fingerprint density at radius 1 is 1.17 bits per heavy atom. The van der Waals surface area contributed by atoms with Crippen molar-refractivity contribution in [3.63, 3.8) is 0 Å². The van der Waals surface area contributed by atoms with E-state index in [-0.39, 0.29) is 29.8 Å². The van der Waals surface area contributed by atoms with Crippen molar-refractivity contribution in [1.29, 1.82) is 0 Å². The van der Waals surface area contributed by atoms with E-state index in [2.05, 4.69) is 10.6 Å². The molecule has 0 aromatic rings. The molecule has 2 bridgehead atoms. The molecule has 1 aliphatic carbocycles. The Balaban J connectivity index is 1.64. The van der Waals surface area contributed by atoms with Crippen LogP contribution in [0, 0.1) is 11.8 Å². The zero-order chi connectivity index (χ0) is 21.8. The van der Waals surface area contributed by atoms with E-state index in [1.807, 2.05) is 46.8 Å². The fourth-order valence-corrected chi connectivity index (χ4v) is 5.74. The Kier molecular flexibility index (Phi) is 5.24. The molecule has 3 amide bonds. The van der Waals surface area contributed by atoms with Crippen molar-refractivity contribution in [3.8, 4) is 0 Å².